The second kappa shape index (κ2) is 11.9. The van der Waals surface area contributed by atoms with Crippen LogP contribution in [0.4, 0.5) is 5.82 Å². The second-order valence-electron chi connectivity index (χ2n) is 7.31. The number of hydrogen-bond donors (Lipinski definition) is 2. The summed E-state index contributed by atoms with van der Waals surface area (Å²) in [6.45, 7) is 6.68. The van der Waals surface area contributed by atoms with Crippen molar-refractivity contribution in [3.05, 3.63) is 53.1 Å². The summed E-state index contributed by atoms with van der Waals surface area (Å²) in [5.74, 6) is -0.230. The van der Waals surface area contributed by atoms with Gasteiger partial charge in [0.05, 0.1) is 19.3 Å². The Kier molecular flexibility index (Phi) is 9.60. The van der Waals surface area contributed by atoms with E-state index < -0.39 is 43.9 Å². The molecule has 0 aliphatic heterocycles. The molecule has 1 aromatic heterocycles. The van der Waals surface area contributed by atoms with Gasteiger partial charge in [0, 0.05) is 6.20 Å². The fraction of sp³-hybridized carbons (Fsp3) is 0.476. The van der Waals surface area contributed by atoms with Crippen LogP contribution < -0.4 is 21.0 Å². The first kappa shape index (κ1) is 26.5. The molecule has 12 heteroatoms. The van der Waals surface area contributed by atoms with E-state index in [-0.39, 0.29) is 5.82 Å². The molecule has 0 amide bonds. The second-order valence-corrected chi connectivity index (χ2v) is 8.96. The van der Waals surface area contributed by atoms with Crippen LogP contribution in [0.5, 0.6) is 5.75 Å². The first-order chi connectivity index (χ1) is 15.6. The molecule has 4 unspecified atom stereocenters. The number of aromatic nitrogens is 2. The van der Waals surface area contributed by atoms with Crippen LogP contribution in [0.25, 0.3) is 0 Å². The van der Waals surface area contributed by atoms with Crippen LogP contribution in [-0.4, -0.2) is 40.9 Å². The van der Waals surface area contributed by atoms with Gasteiger partial charge in [0.1, 0.15) is 23.8 Å². The largest absolute Gasteiger partial charge is 0.468 e. The number of carbonyl (C=O) groups is 1. The molecule has 0 fully saturated rings. The van der Waals surface area contributed by atoms with Gasteiger partial charge in [-0.05, 0) is 45.4 Å². The number of nitrogens with zero attached hydrogens (tertiary/aromatic N) is 2. The highest BCUT2D eigenvalue weighted by atomic mass is 31.2. The number of methoxy groups -OCH3 is 1. The smallest absolute Gasteiger partial charge is 0.459 e. The number of rotatable bonds is 12. The Morgan fingerprint density at radius 3 is 2.45 bits per heavy atom. The highest BCUT2D eigenvalue weighted by Gasteiger charge is 2.36. The van der Waals surface area contributed by atoms with Gasteiger partial charge in [0.25, 0.3) is 0 Å². The lowest BCUT2D eigenvalue weighted by molar-refractivity contribution is -0.142. The molecule has 3 N–H and O–H groups in total. The average molecular weight is 482 g/mol. The van der Waals surface area contributed by atoms with Crippen molar-refractivity contribution < 1.29 is 27.9 Å². The van der Waals surface area contributed by atoms with Gasteiger partial charge in [-0.3, -0.25) is 13.9 Å². The molecule has 5 atom stereocenters. The summed E-state index contributed by atoms with van der Waals surface area (Å²) >= 11 is 0. The minimum atomic E-state index is -4.05. The van der Waals surface area contributed by atoms with Crippen LogP contribution >= 0.6 is 7.75 Å². The number of ether oxygens (including phenoxy) is 2. The maximum absolute atomic E-state index is 13.6. The standard InChI is InChI=1S/C21H31N4O7P/c1-6-18(30-16(4)25-13-12-19(22)23-21(25)27)15(3)31-33(28,24-14(2)20(26)29-5)32-17-10-8-7-9-11-17/h7-16,18H,6H2,1-5H3,(H,24,28)(H2,22,23,27)/t14?,15?,16?,18-,33?/m0/s1. The van der Waals surface area contributed by atoms with Gasteiger partial charge in [-0.25, -0.2) is 9.36 Å². The quantitative estimate of drug-likeness (QED) is 0.342. The summed E-state index contributed by atoms with van der Waals surface area (Å²) in [5, 5.41) is 2.60. The van der Waals surface area contributed by atoms with Gasteiger partial charge < -0.3 is 19.7 Å². The Labute approximate surface area is 192 Å². The molecule has 0 saturated heterocycles. The molecule has 0 spiro atoms. The third-order valence-corrected chi connectivity index (χ3v) is 6.49. The Hall–Kier alpha value is -2.72. The van der Waals surface area contributed by atoms with Gasteiger partial charge in [-0.15, -0.1) is 0 Å². The SMILES string of the molecule is CC[C@H](OC(C)n1ccc(N)nc1=O)C(C)OP(=O)(NC(C)C(=O)OC)Oc1ccccc1. The number of nitrogens with one attached hydrogen (secondary N) is 1. The molecule has 2 rings (SSSR count). The summed E-state index contributed by atoms with van der Waals surface area (Å²) in [6, 6.07) is 8.96. The number of hydrogen-bond acceptors (Lipinski definition) is 9. The predicted molar refractivity (Wildman–Crippen MR) is 123 cm³/mol. The molecule has 33 heavy (non-hydrogen) atoms. The van der Waals surface area contributed by atoms with E-state index in [1.54, 1.807) is 44.2 Å². The van der Waals surface area contributed by atoms with Gasteiger partial charge >= 0.3 is 19.4 Å². The van der Waals surface area contributed by atoms with Crippen LogP contribution in [0.1, 0.15) is 40.3 Å². The van der Waals surface area contributed by atoms with Crippen molar-refractivity contribution in [2.24, 2.45) is 0 Å². The zero-order valence-corrected chi connectivity index (χ0v) is 20.2. The molecule has 1 aromatic carbocycles. The van der Waals surface area contributed by atoms with Crippen molar-refractivity contribution >= 4 is 19.5 Å². The van der Waals surface area contributed by atoms with E-state index in [9.17, 15) is 14.2 Å². The highest BCUT2D eigenvalue weighted by molar-refractivity contribution is 7.52. The van der Waals surface area contributed by atoms with Crippen LogP contribution in [0.15, 0.2) is 47.4 Å². The van der Waals surface area contributed by atoms with Gasteiger partial charge in [-0.2, -0.15) is 10.1 Å². The Morgan fingerprint density at radius 2 is 1.88 bits per heavy atom. The van der Waals surface area contributed by atoms with E-state index in [1.807, 2.05) is 6.92 Å². The number of esters is 1. The van der Waals surface area contributed by atoms with Gasteiger partial charge in [0.2, 0.25) is 0 Å². The predicted octanol–water partition coefficient (Wildman–Crippen LogP) is 2.88. The van der Waals surface area contributed by atoms with Crippen LogP contribution in [0.3, 0.4) is 0 Å². The minimum absolute atomic E-state index is 0.108. The van der Waals surface area contributed by atoms with Crippen molar-refractivity contribution in [1.82, 2.24) is 14.6 Å². The fourth-order valence-electron chi connectivity index (χ4n) is 3.01. The molecule has 0 aliphatic rings. The van der Waals surface area contributed by atoms with Crippen molar-refractivity contribution in [3.8, 4) is 5.75 Å². The number of carbonyl (C=O) groups excluding carboxylic acids is 1. The normalized spacial score (nSPS) is 16.8. The molecule has 1 heterocycles. The van der Waals surface area contributed by atoms with Gasteiger partial charge in [-0.1, -0.05) is 25.1 Å². The number of anilines is 1. The van der Waals surface area contributed by atoms with Crippen molar-refractivity contribution in [1.29, 1.82) is 0 Å². The summed E-state index contributed by atoms with van der Waals surface area (Å²) in [5.41, 5.74) is 4.98. The maximum Gasteiger partial charge on any atom is 0.459 e. The summed E-state index contributed by atoms with van der Waals surface area (Å²) in [7, 11) is -2.82. The third kappa shape index (κ3) is 7.68. The van der Waals surface area contributed by atoms with E-state index in [2.05, 4.69) is 10.1 Å². The lowest BCUT2D eigenvalue weighted by Gasteiger charge is -2.30. The zero-order valence-electron chi connectivity index (χ0n) is 19.3. The molecule has 11 nitrogen and oxygen atoms in total. The topological polar surface area (TPSA) is 144 Å². The first-order valence-corrected chi connectivity index (χ1v) is 12.0. The first-order valence-electron chi connectivity index (χ1n) is 10.5. The third-order valence-electron chi connectivity index (χ3n) is 4.72. The summed E-state index contributed by atoms with van der Waals surface area (Å²) in [4.78, 5) is 27.7. The van der Waals surface area contributed by atoms with E-state index in [4.69, 9.17) is 24.3 Å². The molecule has 0 bridgehead atoms. The van der Waals surface area contributed by atoms with Crippen LogP contribution in [0.2, 0.25) is 0 Å². The summed E-state index contributed by atoms with van der Waals surface area (Å²) in [6.07, 6.45) is -0.0657. The molecule has 182 valence electrons. The number of nitrogen functional groups attached to an aromatic ring is 1. The zero-order chi connectivity index (χ0) is 24.6. The maximum atomic E-state index is 13.6. The van der Waals surface area contributed by atoms with Crippen LogP contribution in [-0.2, 0) is 23.4 Å². The van der Waals surface area contributed by atoms with Crippen LogP contribution in [0, 0.1) is 0 Å². The van der Waals surface area contributed by atoms with E-state index in [1.165, 1.54) is 30.9 Å². The monoisotopic (exact) mass is 482 g/mol. The summed E-state index contributed by atoms with van der Waals surface area (Å²) < 4.78 is 37.0. The van der Waals surface area contributed by atoms with E-state index in [0.717, 1.165) is 0 Å². The van der Waals surface area contributed by atoms with Crippen molar-refractivity contribution in [2.75, 3.05) is 12.8 Å². The molecule has 0 radical (unpaired) electrons. The van der Waals surface area contributed by atoms with E-state index >= 15 is 0 Å². The molecular formula is C21H31N4O7P. The number of nitrogens with two attached hydrogens (primary N) is 1. The number of para-hydroxylation sites is 1. The minimum Gasteiger partial charge on any atom is -0.468 e. The number of benzene rings is 1. The molecule has 0 aliphatic carbocycles. The average Bonchev–Trinajstić information content (AvgIpc) is 2.76. The molecule has 0 saturated carbocycles. The van der Waals surface area contributed by atoms with Gasteiger partial charge in [0.15, 0.2) is 0 Å². The highest BCUT2D eigenvalue weighted by Crippen LogP contribution is 2.47. The molecular weight excluding hydrogens is 451 g/mol. The van der Waals surface area contributed by atoms with Crippen molar-refractivity contribution in [3.63, 3.8) is 0 Å². The van der Waals surface area contributed by atoms with Crippen molar-refractivity contribution in [2.45, 2.75) is 58.6 Å². The Morgan fingerprint density at radius 1 is 1.21 bits per heavy atom. The van der Waals surface area contributed by atoms with E-state index in [0.29, 0.717) is 12.2 Å². The Balaban J connectivity index is 2.20. The lowest BCUT2D eigenvalue weighted by atomic mass is 10.2. The lowest BCUT2D eigenvalue weighted by Crippen LogP contribution is -2.38. The molecule has 2 aromatic rings. The fourth-order valence-corrected chi connectivity index (χ4v) is 4.72. The Bertz CT molecular complexity index is 1020.